The van der Waals surface area contributed by atoms with Crippen molar-refractivity contribution >= 4 is 44.3 Å². The van der Waals surface area contributed by atoms with Crippen molar-refractivity contribution in [3.63, 3.8) is 0 Å². The van der Waals surface area contributed by atoms with Crippen LogP contribution in [0.3, 0.4) is 0 Å². The molecule has 1 atom stereocenters. The van der Waals surface area contributed by atoms with E-state index in [-0.39, 0.29) is 5.41 Å². The topological polar surface area (TPSA) is 28.1 Å². The van der Waals surface area contributed by atoms with Crippen molar-refractivity contribution in [1.29, 1.82) is 0 Å². The number of halogens is 1. The average Bonchev–Trinajstić information content (AvgIpc) is 3.02. The quantitative estimate of drug-likeness (QED) is 0.350. The van der Waals surface area contributed by atoms with E-state index in [0.29, 0.717) is 0 Å². The molecule has 0 saturated carbocycles. The van der Waals surface area contributed by atoms with Gasteiger partial charge in [0.25, 0.3) is 0 Å². The third-order valence-electron chi connectivity index (χ3n) is 7.52. The summed E-state index contributed by atoms with van der Waals surface area (Å²) in [5.41, 5.74) is 3.66. The first-order valence-corrected chi connectivity index (χ1v) is 13.0. The van der Waals surface area contributed by atoms with Gasteiger partial charge >= 0.3 is 0 Å². The zero-order chi connectivity index (χ0) is 23.2. The van der Waals surface area contributed by atoms with Crippen LogP contribution < -0.4 is 9.64 Å². The SMILES string of the molecule is CCN(CC)CCN1c2ccccc2C(C)(C)C12C=Nc1c(c(CBr)cc3ccccc13)O2. The molecular formula is C28H32BrN3O. The molecular weight excluding hydrogens is 474 g/mol. The molecule has 5 rings (SSSR count). The number of nitrogens with zero attached hydrogens (tertiary/aromatic N) is 3. The van der Waals surface area contributed by atoms with Crippen LogP contribution in [-0.2, 0) is 10.7 Å². The van der Waals surface area contributed by atoms with Crippen LogP contribution in [0.5, 0.6) is 5.75 Å². The molecule has 2 aliphatic heterocycles. The molecule has 2 aliphatic rings. The molecule has 2 heterocycles. The van der Waals surface area contributed by atoms with E-state index in [1.54, 1.807) is 0 Å². The summed E-state index contributed by atoms with van der Waals surface area (Å²) in [5.74, 6) is 0.891. The van der Waals surface area contributed by atoms with Gasteiger partial charge in [0.2, 0.25) is 5.72 Å². The second-order valence-corrected chi connectivity index (χ2v) is 10.0. The number of ether oxygens (including phenoxy) is 1. The number of benzene rings is 3. The number of hydrogen-bond acceptors (Lipinski definition) is 4. The molecule has 172 valence electrons. The zero-order valence-corrected chi connectivity index (χ0v) is 21.5. The van der Waals surface area contributed by atoms with Crippen LogP contribution in [0.4, 0.5) is 11.4 Å². The van der Waals surface area contributed by atoms with Gasteiger partial charge in [-0.1, -0.05) is 72.2 Å². The summed E-state index contributed by atoms with van der Waals surface area (Å²) >= 11 is 3.71. The number of fused-ring (bicyclic) bond motifs is 4. The Kier molecular flexibility index (Phi) is 5.74. The number of hydrogen-bond donors (Lipinski definition) is 0. The van der Waals surface area contributed by atoms with Crippen LogP contribution in [0.25, 0.3) is 10.8 Å². The number of alkyl halides is 1. The van der Waals surface area contributed by atoms with Crippen molar-refractivity contribution < 1.29 is 4.74 Å². The van der Waals surface area contributed by atoms with Gasteiger partial charge in [-0.15, -0.1) is 0 Å². The standard InChI is InChI=1S/C28H32BrN3O/c1-5-31(6-2)15-16-32-24-14-10-9-13-23(24)27(3,4)28(32)19-30-25-22-12-8-7-11-20(22)17-21(18-29)26(25)33-28/h7-14,17,19H,5-6,15-16,18H2,1-4H3. The van der Waals surface area contributed by atoms with Crippen LogP contribution in [0, 0.1) is 0 Å². The maximum Gasteiger partial charge on any atom is 0.228 e. The van der Waals surface area contributed by atoms with E-state index in [9.17, 15) is 0 Å². The van der Waals surface area contributed by atoms with Gasteiger partial charge in [-0.25, -0.2) is 0 Å². The van der Waals surface area contributed by atoms with Crippen LogP contribution in [0.2, 0.25) is 0 Å². The minimum absolute atomic E-state index is 0.275. The normalized spacial score (nSPS) is 20.4. The molecule has 33 heavy (non-hydrogen) atoms. The Morgan fingerprint density at radius 3 is 2.52 bits per heavy atom. The Hall–Kier alpha value is -2.37. The van der Waals surface area contributed by atoms with Crippen LogP contribution in [0.1, 0.15) is 38.8 Å². The zero-order valence-electron chi connectivity index (χ0n) is 19.9. The molecule has 0 aromatic heterocycles. The molecule has 1 unspecified atom stereocenters. The van der Waals surface area contributed by atoms with E-state index in [1.807, 2.05) is 0 Å². The fraction of sp³-hybridized carbons (Fsp3) is 0.393. The van der Waals surface area contributed by atoms with Crippen molar-refractivity contribution in [3.05, 3.63) is 65.7 Å². The molecule has 4 nitrogen and oxygen atoms in total. The number of aliphatic imine (C=N–C) groups is 1. The van der Waals surface area contributed by atoms with Crippen molar-refractivity contribution in [2.45, 2.75) is 44.2 Å². The highest BCUT2D eigenvalue weighted by Crippen LogP contribution is 2.55. The van der Waals surface area contributed by atoms with Gasteiger partial charge in [0, 0.05) is 35.1 Å². The molecule has 0 radical (unpaired) electrons. The molecule has 0 bridgehead atoms. The number of likely N-dealkylation sites (N-methyl/N-ethyl adjacent to an activating group) is 1. The lowest BCUT2D eigenvalue weighted by atomic mass is 9.77. The third kappa shape index (κ3) is 3.31. The third-order valence-corrected chi connectivity index (χ3v) is 8.13. The molecule has 5 heteroatoms. The average molecular weight is 506 g/mol. The van der Waals surface area contributed by atoms with Gasteiger partial charge < -0.3 is 14.5 Å². The van der Waals surface area contributed by atoms with E-state index >= 15 is 0 Å². The summed E-state index contributed by atoms with van der Waals surface area (Å²) in [4.78, 5) is 10.0. The molecule has 0 saturated heterocycles. The Balaban J connectivity index is 1.67. The second-order valence-electron chi connectivity index (χ2n) is 9.45. The Morgan fingerprint density at radius 2 is 1.76 bits per heavy atom. The first-order chi connectivity index (χ1) is 16.0. The molecule has 0 aliphatic carbocycles. The smallest absolute Gasteiger partial charge is 0.228 e. The van der Waals surface area contributed by atoms with E-state index in [1.165, 1.54) is 16.6 Å². The summed E-state index contributed by atoms with van der Waals surface area (Å²) in [7, 11) is 0. The lowest BCUT2D eigenvalue weighted by Gasteiger charge is -2.47. The van der Waals surface area contributed by atoms with E-state index < -0.39 is 5.72 Å². The van der Waals surface area contributed by atoms with Crippen molar-refractivity contribution in [2.75, 3.05) is 31.1 Å². The van der Waals surface area contributed by atoms with Gasteiger partial charge in [0.05, 0.1) is 11.6 Å². The number of anilines is 1. The highest BCUT2D eigenvalue weighted by atomic mass is 79.9. The minimum Gasteiger partial charge on any atom is -0.459 e. The van der Waals surface area contributed by atoms with Gasteiger partial charge in [-0.05, 0) is 50.0 Å². The summed E-state index contributed by atoms with van der Waals surface area (Å²) in [6.45, 7) is 13.0. The fourth-order valence-corrected chi connectivity index (χ4v) is 5.89. The molecule has 3 aromatic rings. The molecule has 0 amide bonds. The van der Waals surface area contributed by atoms with Gasteiger partial charge in [0.1, 0.15) is 5.69 Å². The van der Waals surface area contributed by atoms with Crippen molar-refractivity contribution in [2.24, 2.45) is 4.99 Å². The summed E-state index contributed by atoms with van der Waals surface area (Å²) < 4.78 is 7.15. The van der Waals surface area contributed by atoms with Crippen LogP contribution in [-0.4, -0.2) is 43.0 Å². The Morgan fingerprint density at radius 1 is 1.03 bits per heavy atom. The van der Waals surface area contributed by atoms with Crippen LogP contribution >= 0.6 is 15.9 Å². The number of rotatable bonds is 6. The second kappa shape index (κ2) is 8.44. The highest BCUT2D eigenvalue weighted by Gasteiger charge is 2.59. The van der Waals surface area contributed by atoms with Gasteiger partial charge in [0.15, 0.2) is 5.75 Å². The Bertz CT molecular complexity index is 1220. The van der Waals surface area contributed by atoms with E-state index in [0.717, 1.165) is 53.9 Å². The van der Waals surface area contributed by atoms with Gasteiger partial charge in [-0.3, -0.25) is 4.99 Å². The monoisotopic (exact) mass is 505 g/mol. The lowest BCUT2D eigenvalue weighted by Crippen LogP contribution is -2.63. The van der Waals surface area contributed by atoms with Crippen molar-refractivity contribution in [3.8, 4) is 5.75 Å². The molecule has 0 fully saturated rings. The van der Waals surface area contributed by atoms with E-state index in [4.69, 9.17) is 9.73 Å². The molecule has 0 N–H and O–H groups in total. The number of para-hydroxylation sites is 1. The summed E-state index contributed by atoms with van der Waals surface area (Å²) in [6.07, 6.45) is 2.07. The molecule has 1 spiro atoms. The Labute approximate surface area is 205 Å². The predicted molar refractivity (Wildman–Crippen MR) is 143 cm³/mol. The fourth-order valence-electron chi connectivity index (χ4n) is 5.47. The summed E-state index contributed by atoms with van der Waals surface area (Å²) in [6, 6.07) is 19.4. The van der Waals surface area contributed by atoms with Crippen LogP contribution in [0.15, 0.2) is 59.6 Å². The van der Waals surface area contributed by atoms with Crippen molar-refractivity contribution in [1.82, 2.24) is 4.90 Å². The lowest BCUT2D eigenvalue weighted by molar-refractivity contribution is 0.0750. The maximum atomic E-state index is 7.15. The van der Waals surface area contributed by atoms with E-state index in [2.05, 4.69) is 114 Å². The summed E-state index contributed by atoms with van der Waals surface area (Å²) in [5, 5.41) is 3.04. The first kappa shape index (κ1) is 22.4. The van der Waals surface area contributed by atoms with Gasteiger partial charge in [-0.2, -0.15) is 0 Å². The largest absolute Gasteiger partial charge is 0.459 e. The maximum absolute atomic E-state index is 7.15. The molecule has 3 aromatic carbocycles. The predicted octanol–water partition coefficient (Wildman–Crippen LogP) is 6.67. The highest BCUT2D eigenvalue weighted by molar-refractivity contribution is 9.08. The minimum atomic E-state index is -0.684. The first-order valence-electron chi connectivity index (χ1n) is 11.9.